The Balaban J connectivity index is 2.34. The van der Waals surface area contributed by atoms with Crippen molar-refractivity contribution < 1.29 is 9.90 Å². The maximum atomic E-state index is 10.6. The molecule has 0 aromatic heterocycles. The van der Waals surface area contributed by atoms with Crippen molar-refractivity contribution in [3.8, 4) is 11.1 Å². The minimum atomic E-state index is 0.0536. The lowest BCUT2D eigenvalue weighted by Crippen LogP contribution is -1.91. The van der Waals surface area contributed by atoms with Gasteiger partial charge in [-0.2, -0.15) is 0 Å². The van der Waals surface area contributed by atoms with E-state index in [4.69, 9.17) is 0 Å². The Labute approximate surface area is 105 Å². The Morgan fingerprint density at radius 2 is 1.33 bits per heavy atom. The molecule has 0 radical (unpaired) electrons. The van der Waals surface area contributed by atoms with Gasteiger partial charge in [-0.1, -0.05) is 48.5 Å². The van der Waals surface area contributed by atoms with Gasteiger partial charge in [-0.15, -0.1) is 0 Å². The molecule has 0 saturated heterocycles. The molecule has 2 nitrogen and oxygen atoms in total. The fourth-order valence-corrected chi connectivity index (χ4v) is 2.51. The highest BCUT2D eigenvalue weighted by Crippen LogP contribution is 2.45. The molecule has 2 aromatic carbocycles. The third kappa shape index (κ3) is 1.46. The number of rotatable bonds is 2. The Hall–Kier alpha value is -2.35. The molecule has 1 aliphatic carbocycles. The molecule has 0 unspecified atom stereocenters. The molecule has 0 atom stereocenters. The van der Waals surface area contributed by atoms with Gasteiger partial charge >= 0.3 is 0 Å². The number of hydrogen-bond donors (Lipinski definition) is 1. The average molecular weight is 236 g/mol. The summed E-state index contributed by atoms with van der Waals surface area (Å²) in [5, 5.41) is 10.1. The van der Waals surface area contributed by atoms with E-state index in [-0.39, 0.29) is 12.2 Å². The molecule has 2 heteroatoms. The Bertz CT molecular complexity index is 606. The maximum Gasteiger partial charge on any atom is 0.127 e. The summed E-state index contributed by atoms with van der Waals surface area (Å²) in [4.78, 5) is 10.6. The number of allylic oxidation sites excluding steroid dienone is 1. The fourth-order valence-electron chi connectivity index (χ4n) is 2.51. The third-order valence-corrected chi connectivity index (χ3v) is 3.25. The van der Waals surface area contributed by atoms with E-state index in [1.165, 1.54) is 0 Å². The van der Waals surface area contributed by atoms with Crippen LogP contribution in [0.2, 0.25) is 0 Å². The zero-order chi connectivity index (χ0) is 12.5. The van der Waals surface area contributed by atoms with Gasteiger partial charge in [0, 0.05) is 5.57 Å². The van der Waals surface area contributed by atoms with Crippen LogP contribution < -0.4 is 0 Å². The zero-order valence-electron chi connectivity index (χ0n) is 9.76. The van der Waals surface area contributed by atoms with E-state index >= 15 is 0 Å². The molecule has 1 N–H and O–H groups in total. The van der Waals surface area contributed by atoms with Gasteiger partial charge in [0.15, 0.2) is 0 Å². The largest absolute Gasteiger partial charge is 0.511 e. The molecule has 1 aliphatic rings. The molecule has 18 heavy (non-hydrogen) atoms. The summed E-state index contributed by atoms with van der Waals surface area (Å²) in [6, 6.07) is 15.9. The van der Waals surface area contributed by atoms with Crippen LogP contribution in [0.15, 0.2) is 54.3 Å². The van der Waals surface area contributed by atoms with Crippen LogP contribution in [-0.4, -0.2) is 11.4 Å². The molecule has 88 valence electrons. The topological polar surface area (TPSA) is 37.3 Å². The summed E-state index contributed by atoms with van der Waals surface area (Å²) in [7, 11) is 0. The third-order valence-electron chi connectivity index (χ3n) is 3.25. The molecule has 0 fully saturated rings. The minimum absolute atomic E-state index is 0.0536. The lowest BCUT2D eigenvalue weighted by molar-refractivity contribution is -0.107. The number of hydrogen-bond acceptors (Lipinski definition) is 2. The lowest BCUT2D eigenvalue weighted by atomic mass is 10.0. The SMILES string of the molecule is O=CCC(O)=C1c2ccccc2-c2ccccc21. The number of aliphatic hydroxyl groups excluding tert-OH is 1. The molecular formula is C16H12O2. The van der Waals surface area contributed by atoms with Crippen LogP contribution in [0.1, 0.15) is 17.5 Å². The van der Waals surface area contributed by atoms with Gasteiger partial charge in [-0.3, -0.25) is 0 Å². The van der Waals surface area contributed by atoms with E-state index in [0.29, 0.717) is 0 Å². The van der Waals surface area contributed by atoms with Crippen molar-refractivity contribution in [3.05, 3.63) is 65.4 Å². The zero-order valence-corrected chi connectivity index (χ0v) is 9.76. The van der Waals surface area contributed by atoms with E-state index in [2.05, 4.69) is 0 Å². The first-order valence-electron chi connectivity index (χ1n) is 5.88. The van der Waals surface area contributed by atoms with Crippen LogP contribution in [0.25, 0.3) is 16.7 Å². The molecule has 0 spiro atoms. The second kappa shape index (κ2) is 4.15. The maximum absolute atomic E-state index is 10.6. The first-order valence-corrected chi connectivity index (χ1v) is 5.88. The van der Waals surface area contributed by atoms with Crippen molar-refractivity contribution in [2.24, 2.45) is 0 Å². The number of fused-ring (bicyclic) bond motifs is 3. The summed E-state index contributed by atoms with van der Waals surface area (Å²) < 4.78 is 0. The monoisotopic (exact) mass is 236 g/mol. The Morgan fingerprint density at radius 1 is 0.889 bits per heavy atom. The number of carbonyl (C=O) groups excluding carboxylic acids is 1. The highest BCUT2D eigenvalue weighted by atomic mass is 16.3. The highest BCUT2D eigenvalue weighted by molar-refractivity contribution is 6.02. The first kappa shape index (κ1) is 10.8. The summed E-state index contributed by atoms with van der Waals surface area (Å²) >= 11 is 0. The number of aliphatic hydroxyl groups is 1. The van der Waals surface area contributed by atoms with Gasteiger partial charge in [0.25, 0.3) is 0 Å². The molecule has 0 heterocycles. The normalized spacial score (nSPS) is 11.9. The van der Waals surface area contributed by atoms with E-state index < -0.39 is 0 Å². The van der Waals surface area contributed by atoms with Crippen LogP contribution in [0.3, 0.4) is 0 Å². The number of aldehydes is 1. The summed E-state index contributed by atoms with van der Waals surface area (Å²) in [6.45, 7) is 0. The van der Waals surface area contributed by atoms with Crippen LogP contribution in [0.4, 0.5) is 0 Å². The molecule has 0 bridgehead atoms. The highest BCUT2D eigenvalue weighted by Gasteiger charge is 2.25. The molecule has 0 aliphatic heterocycles. The van der Waals surface area contributed by atoms with Gasteiger partial charge in [0.2, 0.25) is 0 Å². The van der Waals surface area contributed by atoms with E-state index in [1.807, 2.05) is 48.5 Å². The molecule has 3 rings (SSSR count). The van der Waals surface area contributed by atoms with E-state index in [0.717, 1.165) is 34.1 Å². The molecule has 0 amide bonds. The van der Waals surface area contributed by atoms with Crippen molar-refractivity contribution in [2.45, 2.75) is 6.42 Å². The molecular weight excluding hydrogens is 224 g/mol. The average Bonchev–Trinajstić information content (AvgIpc) is 2.73. The van der Waals surface area contributed by atoms with Crippen molar-refractivity contribution in [1.29, 1.82) is 0 Å². The fraction of sp³-hybridized carbons (Fsp3) is 0.0625. The van der Waals surface area contributed by atoms with Crippen LogP contribution >= 0.6 is 0 Å². The summed E-state index contributed by atoms with van der Waals surface area (Å²) in [5.74, 6) is 0.141. The van der Waals surface area contributed by atoms with Crippen LogP contribution in [0, 0.1) is 0 Å². The predicted octanol–water partition coefficient (Wildman–Crippen LogP) is 3.57. The van der Waals surface area contributed by atoms with Crippen molar-refractivity contribution in [1.82, 2.24) is 0 Å². The van der Waals surface area contributed by atoms with Gasteiger partial charge in [-0.05, 0) is 22.3 Å². The minimum Gasteiger partial charge on any atom is -0.511 e. The predicted molar refractivity (Wildman–Crippen MR) is 71.2 cm³/mol. The van der Waals surface area contributed by atoms with Crippen LogP contribution in [0.5, 0.6) is 0 Å². The van der Waals surface area contributed by atoms with Gasteiger partial charge in [0.1, 0.15) is 12.0 Å². The second-order valence-corrected chi connectivity index (χ2v) is 4.28. The van der Waals surface area contributed by atoms with Gasteiger partial charge in [0.05, 0.1) is 6.42 Å². The number of carbonyl (C=O) groups is 1. The van der Waals surface area contributed by atoms with Gasteiger partial charge in [-0.25, -0.2) is 0 Å². The second-order valence-electron chi connectivity index (χ2n) is 4.28. The smallest absolute Gasteiger partial charge is 0.127 e. The summed E-state index contributed by atoms with van der Waals surface area (Å²) in [6.07, 6.45) is 0.782. The lowest BCUT2D eigenvalue weighted by Gasteiger charge is -2.05. The van der Waals surface area contributed by atoms with Crippen molar-refractivity contribution in [2.75, 3.05) is 0 Å². The molecule has 0 saturated carbocycles. The first-order chi connectivity index (χ1) is 8.83. The quantitative estimate of drug-likeness (QED) is 0.545. The standard InChI is InChI=1S/C16H12O2/c17-10-9-15(18)16-13-7-3-1-5-11(13)12-6-2-4-8-14(12)16/h1-8,10,18H,9H2. The van der Waals surface area contributed by atoms with Crippen LogP contribution in [-0.2, 0) is 4.79 Å². The van der Waals surface area contributed by atoms with Gasteiger partial charge < -0.3 is 9.90 Å². The summed E-state index contributed by atoms with van der Waals surface area (Å²) in [5.41, 5.74) is 5.01. The van der Waals surface area contributed by atoms with E-state index in [1.54, 1.807) is 0 Å². The Kier molecular flexibility index (Phi) is 2.49. The van der Waals surface area contributed by atoms with Crippen molar-refractivity contribution >= 4 is 11.9 Å². The number of benzene rings is 2. The Morgan fingerprint density at radius 3 is 1.78 bits per heavy atom. The van der Waals surface area contributed by atoms with Crippen molar-refractivity contribution in [3.63, 3.8) is 0 Å². The molecule has 2 aromatic rings. The van der Waals surface area contributed by atoms with E-state index in [9.17, 15) is 9.90 Å².